The molecule has 42 heavy (non-hydrogen) atoms. The van der Waals surface area contributed by atoms with Crippen molar-refractivity contribution >= 4 is 37.8 Å². The van der Waals surface area contributed by atoms with E-state index in [1.54, 1.807) is 0 Å². The minimum absolute atomic E-state index is 0.0162. The van der Waals surface area contributed by atoms with Crippen LogP contribution < -0.4 is 5.73 Å². The molecule has 0 radical (unpaired) electrons. The summed E-state index contributed by atoms with van der Waals surface area (Å²) in [5.41, 5.74) is 3.87. The van der Waals surface area contributed by atoms with Crippen LogP contribution in [0.1, 0.15) is 11.8 Å². The maximum atomic E-state index is 12.6. The van der Waals surface area contributed by atoms with Crippen molar-refractivity contribution < 1.29 is 72.9 Å². The quantitative estimate of drug-likeness (QED) is 0.0809. The number of nitrogens with zero attached hydrogens (tertiary/aromatic N) is 4. The SMILES string of the molecule is C=C[C@@]1(O)[C@H](O)[C@@H](COP(O)(=S)OP(=O)(O)OC2OC([C@@H](O)CO)C(O)C(O)C2O)O[C@H]1c1cnc2c(N)ncnn12. The fourth-order valence-electron chi connectivity index (χ4n) is 4.36. The van der Waals surface area contributed by atoms with Crippen LogP contribution in [0.4, 0.5) is 5.82 Å². The summed E-state index contributed by atoms with van der Waals surface area (Å²) in [6.07, 6.45) is -13.1. The zero-order chi connectivity index (χ0) is 31.2. The molecule has 2 aliphatic rings. The molecule has 0 bridgehead atoms. The Labute approximate surface area is 241 Å². The van der Waals surface area contributed by atoms with Gasteiger partial charge in [0.1, 0.15) is 60.8 Å². The first-order valence-electron chi connectivity index (χ1n) is 11.9. The lowest BCUT2D eigenvalue weighted by Gasteiger charge is -2.41. The van der Waals surface area contributed by atoms with E-state index in [0.29, 0.717) is 0 Å². The summed E-state index contributed by atoms with van der Waals surface area (Å²) in [6, 6.07) is 0. The molecule has 12 atom stereocenters. The number of rotatable bonds is 11. The molecule has 4 heterocycles. The first-order chi connectivity index (χ1) is 19.5. The number of nitrogen functional groups attached to an aromatic ring is 1. The molecular formula is C19H29N5O15P2S. The predicted octanol–water partition coefficient (Wildman–Crippen LogP) is -4.05. The highest BCUT2D eigenvalue weighted by molar-refractivity contribution is 8.08. The van der Waals surface area contributed by atoms with Crippen molar-refractivity contribution in [3.8, 4) is 0 Å². The van der Waals surface area contributed by atoms with Gasteiger partial charge in [0, 0.05) is 0 Å². The van der Waals surface area contributed by atoms with Gasteiger partial charge in [0.25, 0.3) is 0 Å². The van der Waals surface area contributed by atoms with Crippen molar-refractivity contribution in [2.75, 3.05) is 18.9 Å². The van der Waals surface area contributed by atoms with Crippen molar-refractivity contribution in [1.82, 2.24) is 19.6 Å². The van der Waals surface area contributed by atoms with E-state index in [1.165, 1.54) is 10.7 Å². The van der Waals surface area contributed by atoms with Gasteiger partial charge in [-0.3, -0.25) is 4.52 Å². The van der Waals surface area contributed by atoms with Crippen LogP contribution in [0.3, 0.4) is 0 Å². The minimum atomic E-state index is -5.48. The Hall–Kier alpha value is -1.59. The molecule has 2 saturated heterocycles. The third kappa shape index (κ3) is 6.43. The molecule has 2 aromatic heterocycles. The van der Waals surface area contributed by atoms with Crippen LogP contribution in [0.5, 0.6) is 0 Å². The number of hydrogen-bond donors (Lipinski definition) is 10. The normalized spacial score (nSPS) is 37.3. The van der Waals surface area contributed by atoms with Crippen molar-refractivity contribution in [2.24, 2.45) is 0 Å². The van der Waals surface area contributed by atoms with Gasteiger partial charge in [-0.1, -0.05) is 6.08 Å². The molecule has 7 unspecified atom stereocenters. The van der Waals surface area contributed by atoms with Gasteiger partial charge in [-0.05, 0) is 11.8 Å². The molecule has 0 aromatic carbocycles. The predicted molar refractivity (Wildman–Crippen MR) is 138 cm³/mol. The van der Waals surface area contributed by atoms with Crippen LogP contribution in [0.25, 0.3) is 5.65 Å². The third-order valence-corrected chi connectivity index (χ3v) is 10.0. The maximum Gasteiger partial charge on any atom is 0.481 e. The summed E-state index contributed by atoms with van der Waals surface area (Å²) in [7, 11) is -5.48. The lowest BCUT2D eigenvalue weighted by Crippen LogP contribution is -2.61. The van der Waals surface area contributed by atoms with Gasteiger partial charge in [0.05, 0.1) is 25.1 Å². The molecule has 4 rings (SSSR count). The molecular weight excluding hydrogens is 632 g/mol. The second kappa shape index (κ2) is 12.4. The molecule has 2 aliphatic heterocycles. The van der Waals surface area contributed by atoms with Gasteiger partial charge in [-0.15, -0.1) is 6.58 Å². The molecule has 11 N–H and O–H groups in total. The Bertz CT molecular complexity index is 1390. The largest absolute Gasteiger partial charge is 0.481 e. The number of aromatic nitrogens is 4. The van der Waals surface area contributed by atoms with Crippen LogP contribution in [-0.4, -0.2) is 133 Å². The molecule has 0 saturated carbocycles. The number of nitrogens with two attached hydrogens (primary N) is 1. The number of aliphatic hydroxyl groups excluding tert-OH is 6. The number of anilines is 1. The summed E-state index contributed by atoms with van der Waals surface area (Å²) >= 11 is 4.74. The van der Waals surface area contributed by atoms with E-state index in [2.05, 4.69) is 30.5 Å². The van der Waals surface area contributed by atoms with Crippen molar-refractivity contribution in [2.45, 2.75) is 60.7 Å². The van der Waals surface area contributed by atoms with Crippen LogP contribution in [0, 0.1) is 0 Å². The topological polar surface area (TPSA) is 314 Å². The highest BCUT2D eigenvalue weighted by Crippen LogP contribution is 2.62. The summed E-state index contributed by atoms with van der Waals surface area (Å²) in [5, 5.41) is 74.8. The average Bonchev–Trinajstić information content (AvgIpc) is 3.46. The zero-order valence-electron chi connectivity index (χ0n) is 21.2. The number of aliphatic hydroxyl groups is 7. The van der Waals surface area contributed by atoms with Gasteiger partial charge in [0.15, 0.2) is 17.8 Å². The van der Waals surface area contributed by atoms with Crippen molar-refractivity contribution in [3.63, 3.8) is 0 Å². The Morgan fingerprint density at radius 1 is 1.21 bits per heavy atom. The molecule has 2 aromatic rings. The van der Waals surface area contributed by atoms with Gasteiger partial charge < -0.3 is 65.3 Å². The first kappa shape index (κ1) is 33.3. The van der Waals surface area contributed by atoms with Crippen LogP contribution >= 0.6 is 14.5 Å². The Morgan fingerprint density at radius 2 is 1.90 bits per heavy atom. The number of hydrogen-bond acceptors (Lipinski definition) is 18. The summed E-state index contributed by atoms with van der Waals surface area (Å²) < 4.78 is 38.7. The fourth-order valence-corrected chi connectivity index (χ4v) is 7.46. The fraction of sp³-hybridized carbons (Fsp3) is 0.632. The van der Waals surface area contributed by atoms with Gasteiger partial charge in [-0.2, -0.15) is 5.10 Å². The second-order valence-corrected chi connectivity index (χ2v) is 13.6. The lowest BCUT2D eigenvalue weighted by atomic mass is 9.89. The van der Waals surface area contributed by atoms with E-state index < -0.39 is 88.5 Å². The number of fused-ring (bicyclic) bond motifs is 1. The average molecular weight is 661 g/mol. The lowest BCUT2D eigenvalue weighted by molar-refractivity contribution is -0.292. The molecule has 0 aliphatic carbocycles. The minimum Gasteiger partial charge on any atom is -0.394 e. The van der Waals surface area contributed by atoms with E-state index in [1.807, 2.05) is 0 Å². The van der Waals surface area contributed by atoms with E-state index in [9.17, 15) is 45.0 Å². The van der Waals surface area contributed by atoms with Gasteiger partial charge in [0.2, 0.25) is 0 Å². The third-order valence-electron chi connectivity index (χ3n) is 6.53. The van der Waals surface area contributed by atoms with Crippen LogP contribution in [-0.2, 0) is 39.2 Å². The summed E-state index contributed by atoms with van der Waals surface area (Å²) in [5.74, 6) is 0.0162. The van der Waals surface area contributed by atoms with E-state index >= 15 is 0 Å². The zero-order valence-corrected chi connectivity index (χ0v) is 23.8. The standard InChI is InChI=1S/C19H29N5O15P2S/c1-2-19(31)14(30)9(36-15(19)7-3-21-17-16(20)22-6-23-24(7)17)5-35-41(34,42)39-40(32,33)38-18-12(29)10(27)11(28)13(37-18)8(26)4-25/h2-3,6,8-15,18,25-31H,1,4-5H2,(H,32,33)(H,34,42)(H2,20,22,23)/t8-,9+,10?,11?,12?,13?,14+,15-,18?,19+,41?/m0/s1. The van der Waals surface area contributed by atoms with Crippen LogP contribution in [0.15, 0.2) is 25.2 Å². The van der Waals surface area contributed by atoms with Crippen LogP contribution in [0.2, 0.25) is 0 Å². The molecule has 2 fully saturated rings. The van der Waals surface area contributed by atoms with E-state index in [-0.39, 0.29) is 17.2 Å². The highest BCUT2D eigenvalue weighted by atomic mass is 32.5. The van der Waals surface area contributed by atoms with Crippen molar-refractivity contribution in [1.29, 1.82) is 0 Å². The Balaban J connectivity index is 1.44. The summed E-state index contributed by atoms with van der Waals surface area (Å²) in [6.45, 7) is -2.96. The molecule has 0 amide bonds. The van der Waals surface area contributed by atoms with Crippen molar-refractivity contribution in [3.05, 3.63) is 30.9 Å². The van der Waals surface area contributed by atoms with E-state index in [0.717, 1.165) is 12.4 Å². The molecule has 0 spiro atoms. The smallest absolute Gasteiger partial charge is 0.394 e. The molecule has 20 nitrogen and oxygen atoms in total. The maximum absolute atomic E-state index is 12.6. The Kier molecular flexibility index (Phi) is 9.85. The second-order valence-electron chi connectivity index (χ2n) is 9.27. The van der Waals surface area contributed by atoms with E-state index in [4.69, 9.17) is 36.6 Å². The summed E-state index contributed by atoms with van der Waals surface area (Å²) in [4.78, 5) is 28.4. The number of imidazole rings is 1. The first-order valence-corrected chi connectivity index (χ1v) is 16.0. The molecule has 236 valence electrons. The number of ether oxygens (including phenoxy) is 2. The number of phosphoric ester groups is 1. The van der Waals surface area contributed by atoms with Gasteiger partial charge >= 0.3 is 14.5 Å². The van der Waals surface area contributed by atoms with Gasteiger partial charge in [-0.25, -0.2) is 23.4 Å². The number of phosphoric acid groups is 1. The Morgan fingerprint density at radius 3 is 2.55 bits per heavy atom. The molecule has 23 heteroatoms. The monoisotopic (exact) mass is 661 g/mol. The highest BCUT2D eigenvalue weighted by Gasteiger charge is 2.56.